The first-order valence-electron chi connectivity index (χ1n) is 9.38. The van der Waals surface area contributed by atoms with E-state index in [2.05, 4.69) is 10.9 Å². The largest absolute Gasteiger partial charge is 0.338 e. The molecule has 1 aliphatic heterocycles. The fourth-order valence-corrected chi connectivity index (χ4v) is 4.75. The molecule has 4 rings (SSSR count). The highest BCUT2D eigenvalue weighted by molar-refractivity contribution is 6.03. The van der Waals surface area contributed by atoms with Gasteiger partial charge in [0.05, 0.1) is 11.8 Å². The summed E-state index contributed by atoms with van der Waals surface area (Å²) in [5.74, 6) is 0.618. The topological polar surface area (TPSA) is 41.7 Å². The number of Topliss-reactive ketones (excluding diaryl/α,β-unsaturated/α-hetero) is 1. The molecule has 2 atom stereocenters. The van der Waals surface area contributed by atoms with Gasteiger partial charge in [-0.3, -0.25) is 9.59 Å². The van der Waals surface area contributed by atoms with Gasteiger partial charge in [-0.1, -0.05) is 36.4 Å². The quantitative estimate of drug-likeness (QED) is 0.621. The number of hydrogen-bond donors (Lipinski definition) is 0. The van der Waals surface area contributed by atoms with Crippen LogP contribution < -0.4 is 0 Å². The summed E-state index contributed by atoms with van der Waals surface area (Å²) in [5.41, 5.74) is 0.107. The Hall–Kier alpha value is -2.41. The highest BCUT2D eigenvalue weighted by Crippen LogP contribution is 2.54. The van der Waals surface area contributed by atoms with Crippen LogP contribution in [0.3, 0.4) is 0 Å². The van der Waals surface area contributed by atoms with E-state index in [0.717, 1.165) is 17.7 Å². The predicted molar refractivity (Wildman–Crippen MR) is 99.3 cm³/mol. The number of carbonyl (C=O) groups is 2. The molecule has 1 aromatic rings. The molecule has 1 amide bonds. The second-order valence-corrected chi connectivity index (χ2v) is 8.38. The van der Waals surface area contributed by atoms with Crippen LogP contribution in [0.5, 0.6) is 0 Å². The Labute approximate surface area is 154 Å². The molecule has 0 radical (unpaired) electrons. The molecule has 26 heavy (non-hydrogen) atoms. The van der Waals surface area contributed by atoms with Gasteiger partial charge in [-0.05, 0) is 43.7 Å². The van der Waals surface area contributed by atoms with Gasteiger partial charge in [0, 0.05) is 13.1 Å². The Morgan fingerprint density at radius 1 is 1.19 bits per heavy atom. The molecule has 0 spiro atoms. The zero-order valence-corrected chi connectivity index (χ0v) is 15.4. The first-order chi connectivity index (χ1) is 12.4. The molecular formula is C22H24N2O2. The average molecular weight is 348 g/mol. The van der Waals surface area contributed by atoms with Gasteiger partial charge < -0.3 is 9.74 Å². The summed E-state index contributed by atoms with van der Waals surface area (Å²) < 4.78 is 0. The average Bonchev–Trinajstić information content (AvgIpc) is 3.46. The summed E-state index contributed by atoms with van der Waals surface area (Å²) in [5, 5.41) is 0. The summed E-state index contributed by atoms with van der Waals surface area (Å²) in [4.78, 5) is 32.2. The van der Waals surface area contributed by atoms with Crippen molar-refractivity contribution >= 4 is 11.7 Å². The Morgan fingerprint density at radius 2 is 1.88 bits per heavy atom. The lowest BCUT2D eigenvalue weighted by Crippen LogP contribution is -2.61. The molecule has 0 aromatic heterocycles. The molecule has 2 fully saturated rings. The third kappa shape index (κ3) is 2.34. The lowest BCUT2D eigenvalue weighted by molar-refractivity contribution is -0.141. The van der Waals surface area contributed by atoms with Crippen LogP contribution in [0.15, 0.2) is 42.0 Å². The molecule has 1 aromatic carbocycles. The normalized spacial score (nSPS) is 30.4. The van der Waals surface area contributed by atoms with Gasteiger partial charge in [0.2, 0.25) is 11.7 Å². The third-order valence-electron chi connectivity index (χ3n) is 6.32. The Morgan fingerprint density at radius 3 is 2.50 bits per heavy atom. The van der Waals surface area contributed by atoms with Crippen molar-refractivity contribution in [2.45, 2.75) is 44.6 Å². The molecule has 0 bridgehead atoms. The van der Waals surface area contributed by atoms with Gasteiger partial charge in [0.15, 0.2) is 0 Å². The van der Waals surface area contributed by atoms with Crippen molar-refractivity contribution in [2.75, 3.05) is 13.1 Å². The predicted octanol–water partition coefficient (Wildman–Crippen LogP) is 3.39. The molecule has 134 valence electrons. The molecule has 4 heteroatoms. The zero-order valence-electron chi connectivity index (χ0n) is 15.4. The van der Waals surface area contributed by atoms with Crippen molar-refractivity contribution in [1.82, 2.24) is 4.90 Å². The molecule has 2 unspecified atom stereocenters. The summed E-state index contributed by atoms with van der Waals surface area (Å²) in [7, 11) is 0. The van der Waals surface area contributed by atoms with Crippen LogP contribution in [0, 0.1) is 17.9 Å². The van der Waals surface area contributed by atoms with Gasteiger partial charge in [-0.15, -0.1) is 0 Å². The van der Waals surface area contributed by atoms with Gasteiger partial charge in [-0.25, -0.2) is 6.57 Å². The molecular weight excluding hydrogens is 324 g/mol. The number of carbonyl (C=O) groups excluding carboxylic acids is 2. The van der Waals surface area contributed by atoms with E-state index in [1.165, 1.54) is 12.8 Å². The Bertz CT molecular complexity index is 829. The van der Waals surface area contributed by atoms with Crippen LogP contribution in [0.25, 0.3) is 4.85 Å². The van der Waals surface area contributed by atoms with Gasteiger partial charge >= 0.3 is 0 Å². The van der Waals surface area contributed by atoms with Crippen LogP contribution in [0.2, 0.25) is 0 Å². The van der Waals surface area contributed by atoms with Crippen LogP contribution in [-0.2, 0) is 15.0 Å². The molecule has 0 saturated heterocycles. The van der Waals surface area contributed by atoms with Crippen LogP contribution >= 0.6 is 0 Å². The van der Waals surface area contributed by atoms with Crippen LogP contribution in [0.4, 0.5) is 0 Å². The fraction of sp³-hybridized carbons (Fsp3) is 0.500. The van der Waals surface area contributed by atoms with E-state index in [4.69, 9.17) is 6.57 Å². The van der Waals surface area contributed by atoms with E-state index in [-0.39, 0.29) is 18.1 Å². The standard InChI is InChI=1S/C22H24N2O2/c1-21(2)18-11-12-24(14-15-9-10-15)20(26)22(18,13-17(23-3)19(21)25)16-7-5-4-6-8-16/h4-8,11,15,17H,9-10,12-14H2,1-2H3. The zero-order chi connectivity index (χ0) is 18.5. The first kappa shape index (κ1) is 17.0. The SMILES string of the molecule is [C-]#[N+]C1CC2(c3ccccc3)C(=O)N(CC3CC3)CC=C2C(C)(C)C1=O. The van der Waals surface area contributed by atoms with Gasteiger partial charge in [0.25, 0.3) is 6.04 Å². The molecule has 0 N–H and O–H groups in total. The fourth-order valence-electron chi connectivity index (χ4n) is 4.75. The number of amides is 1. The minimum atomic E-state index is -0.888. The Kier molecular flexibility index (Phi) is 3.80. The number of benzene rings is 1. The van der Waals surface area contributed by atoms with E-state index < -0.39 is 16.9 Å². The van der Waals surface area contributed by atoms with Gasteiger partial charge in [0.1, 0.15) is 5.41 Å². The lowest BCUT2D eigenvalue weighted by Gasteiger charge is -2.50. The number of nitrogens with zero attached hydrogens (tertiary/aromatic N) is 2. The van der Waals surface area contributed by atoms with Crippen molar-refractivity contribution in [3.05, 3.63) is 59.0 Å². The van der Waals surface area contributed by atoms with Crippen molar-refractivity contribution in [2.24, 2.45) is 11.3 Å². The molecule has 3 aliphatic rings. The summed E-state index contributed by atoms with van der Waals surface area (Å²) >= 11 is 0. The lowest BCUT2D eigenvalue weighted by atomic mass is 9.53. The van der Waals surface area contributed by atoms with E-state index in [9.17, 15) is 9.59 Å². The van der Waals surface area contributed by atoms with Crippen molar-refractivity contribution in [3.8, 4) is 0 Å². The maximum absolute atomic E-state index is 13.8. The first-order valence-corrected chi connectivity index (χ1v) is 9.38. The maximum Gasteiger partial charge on any atom is 0.283 e. The van der Waals surface area contributed by atoms with Gasteiger partial charge in [-0.2, -0.15) is 0 Å². The number of hydrogen-bond acceptors (Lipinski definition) is 2. The van der Waals surface area contributed by atoms with E-state index in [1.54, 1.807) is 0 Å². The minimum absolute atomic E-state index is 0.0613. The molecule has 1 heterocycles. The minimum Gasteiger partial charge on any atom is -0.338 e. The van der Waals surface area contributed by atoms with Crippen LogP contribution in [-0.4, -0.2) is 35.7 Å². The highest BCUT2D eigenvalue weighted by Gasteiger charge is 2.62. The maximum atomic E-state index is 13.8. The number of fused-ring (bicyclic) bond motifs is 1. The second-order valence-electron chi connectivity index (χ2n) is 8.38. The Balaban J connectivity index is 1.90. The van der Waals surface area contributed by atoms with Crippen molar-refractivity contribution in [1.29, 1.82) is 0 Å². The van der Waals surface area contributed by atoms with E-state index in [0.29, 0.717) is 12.5 Å². The van der Waals surface area contributed by atoms with Crippen molar-refractivity contribution in [3.63, 3.8) is 0 Å². The summed E-state index contributed by atoms with van der Waals surface area (Å²) in [6.07, 6.45) is 4.73. The van der Waals surface area contributed by atoms with E-state index in [1.807, 2.05) is 49.1 Å². The third-order valence-corrected chi connectivity index (χ3v) is 6.32. The second kappa shape index (κ2) is 5.81. The molecule has 2 aliphatic carbocycles. The summed E-state index contributed by atoms with van der Waals surface area (Å²) in [6.45, 7) is 12.7. The number of rotatable bonds is 3. The van der Waals surface area contributed by atoms with Crippen molar-refractivity contribution < 1.29 is 9.59 Å². The number of ketones is 1. The highest BCUT2D eigenvalue weighted by atomic mass is 16.2. The molecule has 4 nitrogen and oxygen atoms in total. The van der Waals surface area contributed by atoms with Crippen LogP contribution in [0.1, 0.15) is 38.7 Å². The summed E-state index contributed by atoms with van der Waals surface area (Å²) in [6, 6.07) is 8.98. The van der Waals surface area contributed by atoms with E-state index >= 15 is 0 Å². The smallest absolute Gasteiger partial charge is 0.283 e. The molecule has 2 saturated carbocycles. The monoisotopic (exact) mass is 348 g/mol.